The van der Waals surface area contributed by atoms with Crippen LogP contribution in [-0.4, -0.2) is 30.1 Å². The number of carbonyl (C=O) groups excluding carboxylic acids is 2. The Kier molecular flexibility index (Phi) is 12.8. The largest absolute Gasteiger partial charge is 0.478 e. The fourth-order valence-electron chi connectivity index (χ4n) is 0.857. The molecule has 0 aliphatic rings. The molecule has 6 nitrogen and oxygen atoms in total. The van der Waals surface area contributed by atoms with E-state index in [2.05, 4.69) is 24.5 Å². The van der Waals surface area contributed by atoms with Gasteiger partial charge in [-0.1, -0.05) is 37.9 Å². The summed E-state index contributed by atoms with van der Waals surface area (Å²) in [5.74, 6) is -1.12. The summed E-state index contributed by atoms with van der Waals surface area (Å²) in [5.41, 5.74) is 1.01. The number of methoxy groups -OCH3 is 1. The van der Waals surface area contributed by atoms with Crippen LogP contribution in [0.3, 0.4) is 0 Å². The van der Waals surface area contributed by atoms with Gasteiger partial charge in [-0.05, 0) is 32.9 Å². The second-order valence-electron chi connectivity index (χ2n) is 4.84. The zero-order valence-corrected chi connectivity index (χ0v) is 15.0. The number of para-hydroxylation sites is 1. The lowest BCUT2D eigenvalue weighted by atomic mass is 10.3. The zero-order valence-electron chi connectivity index (χ0n) is 15.0. The Morgan fingerprint density at radius 3 is 1.48 bits per heavy atom. The molecule has 0 saturated heterocycles. The molecular formula is C19H24O6. The summed E-state index contributed by atoms with van der Waals surface area (Å²) in [6.07, 6.45) is 0. The third kappa shape index (κ3) is 14.2. The SMILES string of the molecule is C=C(C)C(=O)O.C=C(C)C(=O)OC.C=C(C)C(=O)Oc1ccccc1. The van der Waals surface area contributed by atoms with Crippen LogP contribution in [0, 0.1) is 0 Å². The maximum atomic E-state index is 11.0. The summed E-state index contributed by atoms with van der Waals surface area (Å²) in [6.45, 7) is 14.6. The van der Waals surface area contributed by atoms with Crippen LogP contribution in [0.4, 0.5) is 0 Å². The lowest BCUT2D eigenvalue weighted by Gasteiger charge is -2.01. The molecule has 0 aliphatic carbocycles. The Morgan fingerprint density at radius 1 is 0.840 bits per heavy atom. The average Bonchev–Trinajstić information content (AvgIpc) is 2.55. The molecule has 0 amide bonds. The minimum Gasteiger partial charge on any atom is -0.478 e. The number of benzene rings is 1. The number of carboxylic acid groups (broad SMARTS) is 1. The molecule has 0 aliphatic heterocycles. The van der Waals surface area contributed by atoms with E-state index in [4.69, 9.17) is 9.84 Å². The lowest BCUT2D eigenvalue weighted by molar-refractivity contribution is -0.136. The monoisotopic (exact) mass is 348 g/mol. The van der Waals surface area contributed by atoms with Crippen LogP contribution in [0.5, 0.6) is 5.75 Å². The molecule has 1 aromatic carbocycles. The molecule has 0 spiro atoms. The molecule has 0 aromatic heterocycles. The highest BCUT2D eigenvalue weighted by atomic mass is 16.5. The lowest BCUT2D eigenvalue weighted by Crippen LogP contribution is -2.07. The van der Waals surface area contributed by atoms with Crippen molar-refractivity contribution in [3.05, 3.63) is 66.8 Å². The standard InChI is InChI=1S/C10H10O2.C5H8O2.C4H6O2/c1-8(2)10(11)12-9-6-4-3-5-7-9;1-4(2)5(6)7-3;1-3(2)4(5)6/h3-7H,1H2,2H3;1H2,2-3H3;1H2,2H3,(H,5,6). The van der Waals surface area contributed by atoms with Gasteiger partial charge in [0.15, 0.2) is 0 Å². The van der Waals surface area contributed by atoms with Crippen LogP contribution >= 0.6 is 0 Å². The van der Waals surface area contributed by atoms with Crippen molar-refractivity contribution in [1.82, 2.24) is 0 Å². The van der Waals surface area contributed by atoms with Gasteiger partial charge in [-0.3, -0.25) is 0 Å². The highest BCUT2D eigenvalue weighted by molar-refractivity contribution is 5.88. The van der Waals surface area contributed by atoms with E-state index in [9.17, 15) is 14.4 Å². The molecule has 25 heavy (non-hydrogen) atoms. The van der Waals surface area contributed by atoms with Crippen molar-refractivity contribution in [1.29, 1.82) is 0 Å². The van der Waals surface area contributed by atoms with E-state index in [1.165, 1.54) is 14.0 Å². The maximum Gasteiger partial charge on any atom is 0.338 e. The first-order chi connectivity index (χ1) is 11.5. The summed E-state index contributed by atoms with van der Waals surface area (Å²) in [4.78, 5) is 30.8. The first-order valence-corrected chi connectivity index (χ1v) is 7.08. The van der Waals surface area contributed by atoms with Crippen LogP contribution < -0.4 is 4.74 Å². The number of carboxylic acids is 1. The van der Waals surface area contributed by atoms with E-state index in [1.807, 2.05) is 6.07 Å². The second kappa shape index (κ2) is 13.3. The molecule has 1 N–H and O–H groups in total. The van der Waals surface area contributed by atoms with E-state index < -0.39 is 5.97 Å². The van der Waals surface area contributed by atoms with Gasteiger partial charge in [0.05, 0.1) is 7.11 Å². The fourth-order valence-corrected chi connectivity index (χ4v) is 0.857. The van der Waals surface area contributed by atoms with Crippen molar-refractivity contribution in [3.63, 3.8) is 0 Å². The molecule has 1 aromatic rings. The maximum absolute atomic E-state index is 11.0. The minimum atomic E-state index is -0.935. The molecule has 6 heteroatoms. The van der Waals surface area contributed by atoms with Crippen molar-refractivity contribution in [2.45, 2.75) is 20.8 Å². The van der Waals surface area contributed by atoms with E-state index in [-0.39, 0.29) is 17.5 Å². The van der Waals surface area contributed by atoms with Crippen LogP contribution in [-0.2, 0) is 19.1 Å². The van der Waals surface area contributed by atoms with Gasteiger partial charge < -0.3 is 14.6 Å². The molecule has 0 saturated carbocycles. The van der Waals surface area contributed by atoms with Crippen molar-refractivity contribution in [3.8, 4) is 5.75 Å². The molecule has 0 bridgehead atoms. The summed E-state index contributed by atoms with van der Waals surface area (Å²) < 4.78 is 9.21. The van der Waals surface area contributed by atoms with Gasteiger partial charge >= 0.3 is 17.9 Å². The molecule has 0 heterocycles. The molecule has 1 rings (SSSR count). The minimum absolute atomic E-state index is 0.176. The van der Waals surface area contributed by atoms with E-state index in [0.717, 1.165) is 0 Å². The Hall–Kier alpha value is -3.15. The average molecular weight is 348 g/mol. The Labute approximate surface area is 148 Å². The van der Waals surface area contributed by atoms with Gasteiger partial charge in [0.25, 0.3) is 0 Å². The quantitative estimate of drug-likeness (QED) is 0.508. The zero-order chi connectivity index (χ0) is 20.0. The number of esters is 2. The van der Waals surface area contributed by atoms with Crippen LogP contribution in [0.1, 0.15) is 20.8 Å². The second-order valence-corrected chi connectivity index (χ2v) is 4.84. The fraction of sp³-hybridized carbons (Fsp3) is 0.211. The first-order valence-electron chi connectivity index (χ1n) is 7.08. The van der Waals surface area contributed by atoms with E-state index >= 15 is 0 Å². The highest BCUT2D eigenvalue weighted by Crippen LogP contribution is 2.09. The van der Waals surface area contributed by atoms with Gasteiger partial charge in [0.2, 0.25) is 0 Å². The van der Waals surface area contributed by atoms with Crippen molar-refractivity contribution >= 4 is 17.9 Å². The third-order valence-electron chi connectivity index (χ3n) is 2.20. The van der Waals surface area contributed by atoms with Gasteiger partial charge in [0, 0.05) is 16.7 Å². The van der Waals surface area contributed by atoms with Crippen LogP contribution in [0.15, 0.2) is 66.8 Å². The molecule has 0 atom stereocenters. The highest BCUT2D eigenvalue weighted by Gasteiger charge is 2.03. The predicted molar refractivity (Wildman–Crippen MR) is 96.2 cm³/mol. The molecule has 0 fully saturated rings. The number of carbonyl (C=O) groups is 3. The normalized spacial score (nSPS) is 8.32. The Morgan fingerprint density at radius 2 is 1.24 bits per heavy atom. The number of rotatable bonds is 4. The van der Waals surface area contributed by atoms with Crippen molar-refractivity contribution < 1.29 is 29.0 Å². The number of hydrogen-bond donors (Lipinski definition) is 1. The summed E-state index contributed by atoms with van der Waals surface area (Å²) in [5, 5.41) is 7.89. The predicted octanol–water partition coefficient (Wildman–Crippen LogP) is 3.55. The number of aliphatic carboxylic acids is 1. The van der Waals surface area contributed by atoms with Crippen LogP contribution in [0.2, 0.25) is 0 Å². The molecule has 0 radical (unpaired) electrons. The first kappa shape index (κ1) is 24.1. The summed E-state index contributed by atoms with van der Waals surface area (Å²) in [6, 6.07) is 8.92. The van der Waals surface area contributed by atoms with E-state index in [1.54, 1.807) is 38.1 Å². The number of ether oxygens (including phenoxy) is 2. The van der Waals surface area contributed by atoms with Gasteiger partial charge in [-0.2, -0.15) is 0 Å². The molecule has 136 valence electrons. The Balaban J connectivity index is 0. The topological polar surface area (TPSA) is 89.9 Å². The summed E-state index contributed by atoms with van der Waals surface area (Å²) >= 11 is 0. The van der Waals surface area contributed by atoms with Gasteiger partial charge in [-0.15, -0.1) is 0 Å². The molecule has 0 unspecified atom stereocenters. The number of hydrogen-bond acceptors (Lipinski definition) is 5. The van der Waals surface area contributed by atoms with Gasteiger partial charge in [0.1, 0.15) is 5.75 Å². The molecular weight excluding hydrogens is 324 g/mol. The van der Waals surface area contributed by atoms with Crippen LogP contribution in [0.25, 0.3) is 0 Å². The Bertz CT molecular complexity index is 617. The van der Waals surface area contributed by atoms with Crippen molar-refractivity contribution in [2.75, 3.05) is 7.11 Å². The third-order valence-corrected chi connectivity index (χ3v) is 2.20. The van der Waals surface area contributed by atoms with Crippen molar-refractivity contribution in [2.24, 2.45) is 0 Å². The summed E-state index contributed by atoms with van der Waals surface area (Å²) in [7, 11) is 1.33. The van der Waals surface area contributed by atoms with E-state index in [0.29, 0.717) is 16.9 Å². The smallest absolute Gasteiger partial charge is 0.338 e. The van der Waals surface area contributed by atoms with Gasteiger partial charge in [-0.25, -0.2) is 14.4 Å².